The molecule has 44 heavy (non-hydrogen) atoms. The predicted molar refractivity (Wildman–Crippen MR) is 161 cm³/mol. The summed E-state index contributed by atoms with van der Waals surface area (Å²) < 4.78 is 34.5. The van der Waals surface area contributed by atoms with Crippen LogP contribution < -0.4 is 16.0 Å². The van der Waals surface area contributed by atoms with Crippen molar-refractivity contribution in [3.63, 3.8) is 0 Å². The molecular weight excluding hydrogens is 591 g/mol. The molecule has 0 aliphatic carbocycles. The number of piperidine rings is 1. The lowest BCUT2D eigenvalue weighted by Gasteiger charge is -2.42. The number of benzene rings is 1. The summed E-state index contributed by atoms with van der Waals surface area (Å²) in [5.41, 5.74) is -0.110. The second kappa shape index (κ2) is 12.6. The van der Waals surface area contributed by atoms with Gasteiger partial charge in [-0.25, -0.2) is 9.18 Å². The van der Waals surface area contributed by atoms with Crippen LogP contribution in [0.3, 0.4) is 0 Å². The van der Waals surface area contributed by atoms with E-state index in [1.807, 2.05) is 11.8 Å². The minimum absolute atomic E-state index is 0.0539. The molecule has 12 nitrogen and oxygen atoms in total. The van der Waals surface area contributed by atoms with Gasteiger partial charge in [-0.05, 0) is 51.3 Å². The molecule has 6 rings (SSSR count). The number of carbonyl (C=O) groups excluding carboxylic acids is 1. The van der Waals surface area contributed by atoms with Crippen molar-refractivity contribution in [1.29, 1.82) is 0 Å². The van der Waals surface area contributed by atoms with Gasteiger partial charge in [0.1, 0.15) is 27.5 Å². The number of thiophene rings is 1. The largest absolute Gasteiger partial charge is 0.496 e. The van der Waals surface area contributed by atoms with E-state index in [0.29, 0.717) is 58.3 Å². The van der Waals surface area contributed by atoms with Crippen molar-refractivity contribution >= 4 is 27.5 Å². The fourth-order valence-corrected chi connectivity index (χ4v) is 7.68. The van der Waals surface area contributed by atoms with Gasteiger partial charge in [0.05, 0.1) is 44.1 Å². The number of methoxy groups -OCH3 is 1. The first-order valence-electron chi connectivity index (χ1n) is 14.8. The van der Waals surface area contributed by atoms with Gasteiger partial charge >= 0.3 is 5.69 Å². The summed E-state index contributed by atoms with van der Waals surface area (Å²) in [7, 11) is 1.49. The number of aromatic nitrogens is 5. The van der Waals surface area contributed by atoms with Crippen molar-refractivity contribution in [3.8, 4) is 10.8 Å². The van der Waals surface area contributed by atoms with Crippen LogP contribution in [0.4, 0.5) is 4.39 Å². The zero-order valence-electron chi connectivity index (χ0n) is 24.8. The zero-order valence-corrected chi connectivity index (χ0v) is 25.6. The van der Waals surface area contributed by atoms with Crippen molar-refractivity contribution < 1.29 is 23.4 Å². The van der Waals surface area contributed by atoms with Crippen molar-refractivity contribution in [2.45, 2.75) is 51.9 Å². The molecule has 4 aromatic rings. The summed E-state index contributed by atoms with van der Waals surface area (Å²) in [4.78, 5) is 46.0. The molecule has 0 radical (unpaired) electrons. The highest BCUT2D eigenvalue weighted by atomic mass is 32.1. The fraction of sp³-hybridized carbons (Fsp3) is 0.500. The van der Waals surface area contributed by atoms with Crippen LogP contribution >= 0.6 is 11.3 Å². The summed E-state index contributed by atoms with van der Waals surface area (Å²) >= 11 is 1.21. The lowest BCUT2D eigenvalue weighted by atomic mass is 9.79. The van der Waals surface area contributed by atoms with Gasteiger partial charge in [0, 0.05) is 42.7 Å². The monoisotopic (exact) mass is 626 g/mol. The number of amides is 1. The van der Waals surface area contributed by atoms with Gasteiger partial charge in [-0.3, -0.25) is 19.1 Å². The Balaban J connectivity index is 1.43. The third kappa shape index (κ3) is 5.57. The SMILES string of the molecule is CCN1CCCC(C2COCCC2O[C@@H](Cn2c(=O)[nH]c(=O)c3c(C)c(-n4nccn4)sc32)c2cc(F)ccc2OC)C1=O. The third-order valence-electron chi connectivity index (χ3n) is 8.67. The standard InChI is InChI=1S/C30H35FN6O6S/c1-4-35-12-5-6-19(27(35)39)21-16-42-13-9-23(21)43-24(20-14-18(31)7-8-22(20)41-3)15-36-29-25(26(38)34-30(36)40)17(2)28(44-29)37-32-10-11-33-37/h7-8,10-11,14,19,21,23-24H,4-6,9,12-13,15-16H2,1-3H3,(H,34,38,40)/t19?,21?,23?,24-/m0/s1. The number of ether oxygens (including phenoxy) is 3. The highest BCUT2D eigenvalue weighted by Crippen LogP contribution is 2.39. The summed E-state index contributed by atoms with van der Waals surface area (Å²) in [6, 6.07) is 4.16. The molecule has 3 unspecified atom stereocenters. The Morgan fingerprint density at radius 2 is 2.00 bits per heavy atom. The van der Waals surface area contributed by atoms with Crippen LogP contribution in [-0.2, 0) is 20.8 Å². The Kier molecular flexibility index (Phi) is 8.65. The lowest BCUT2D eigenvalue weighted by Crippen LogP contribution is -2.49. The van der Waals surface area contributed by atoms with E-state index in [0.717, 1.165) is 19.4 Å². The number of fused-ring (bicyclic) bond motifs is 1. The topological polar surface area (TPSA) is 134 Å². The van der Waals surface area contributed by atoms with Gasteiger partial charge in [0.2, 0.25) is 5.91 Å². The molecule has 2 aliphatic heterocycles. The smallest absolute Gasteiger partial charge is 0.329 e. The number of rotatable bonds is 9. The molecule has 0 saturated carbocycles. The second-order valence-corrected chi connectivity index (χ2v) is 12.1. The molecule has 2 fully saturated rings. The first-order valence-corrected chi connectivity index (χ1v) is 15.6. The number of halogens is 1. The van der Waals surface area contributed by atoms with Crippen molar-refractivity contribution in [1.82, 2.24) is 29.4 Å². The number of nitrogens with one attached hydrogen (secondary N) is 1. The first kappa shape index (κ1) is 30.2. The maximum atomic E-state index is 14.7. The minimum Gasteiger partial charge on any atom is -0.496 e. The Morgan fingerprint density at radius 1 is 1.20 bits per heavy atom. The van der Waals surface area contributed by atoms with Gasteiger partial charge in [0.15, 0.2) is 0 Å². The number of carbonyl (C=O) groups is 1. The summed E-state index contributed by atoms with van der Waals surface area (Å²) in [5, 5.41) is 9.34. The number of hydrogen-bond acceptors (Lipinski definition) is 9. The van der Waals surface area contributed by atoms with E-state index in [1.165, 1.54) is 58.4 Å². The van der Waals surface area contributed by atoms with Crippen LogP contribution in [0.15, 0.2) is 40.2 Å². The predicted octanol–water partition coefficient (Wildman–Crippen LogP) is 3.21. The second-order valence-electron chi connectivity index (χ2n) is 11.1. The van der Waals surface area contributed by atoms with Gasteiger partial charge in [-0.2, -0.15) is 10.2 Å². The summed E-state index contributed by atoms with van der Waals surface area (Å²) in [6.07, 6.45) is 3.94. The van der Waals surface area contributed by atoms with E-state index in [4.69, 9.17) is 14.2 Å². The molecule has 234 valence electrons. The van der Waals surface area contributed by atoms with Gasteiger partial charge in [0.25, 0.3) is 5.56 Å². The number of hydrogen-bond donors (Lipinski definition) is 1. The van der Waals surface area contributed by atoms with E-state index in [9.17, 15) is 18.8 Å². The van der Waals surface area contributed by atoms with Crippen LogP contribution in [0.5, 0.6) is 5.75 Å². The number of nitrogens with zero attached hydrogens (tertiary/aromatic N) is 5. The quantitative estimate of drug-likeness (QED) is 0.300. The molecule has 1 aromatic carbocycles. The molecule has 1 N–H and O–H groups in total. The van der Waals surface area contributed by atoms with Crippen LogP contribution in [0.25, 0.3) is 15.2 Å². The minimum atomic E-state index is -0.868. The van der Waals surface area contributed by atoms with Crippen LogP contribution in [-0.4, -0.2) is 74.9 Å². The highest BCUT2D eigenvalue weighted by Gasteiger charge is 2.41. The van der Waals surface area contributed by atoms with Crippen molar-refractivity contribution in [2.24, 2.45) is 11.8 Å². The normalized spacial score (nSPS) is 21.6. The van der Waals surface area contributed by atoms with Gasteiger partial charge < -0.3 is 19.1 Å². The molecule has 0 bridgehead atoms. The lowest BCUT2D eigenvalue weighted by molar-refractivity contribution is -0.157. The maximum Gasteiger partial charge on any atom is 0.329 e. The number of aromatic amines is 1. The van der Waals surface area contributed by atoms with Crippen molar-refractivity contribution in [2.75, 3.05) is 33.4 Å². The fourth-order valence-electron chi connectivity index (χ4n) is 6.45. The molecule has 14 heteroatoms. The summed E-state index contributed by atoms with van der Waals surface area (Å²) in [5.74, 6) is -0.493. The number of H-pyrrole nitrogens is 1. The molecule has 3 aromatic heterocycles. The molecule has 2 aliphatic rings. The van der Waals surface area contributed by atoms with Crippen LogP contribution in [0.1, 0.15) is 43.4 Å². The van der Waals surface area contributed by atoms with E-state index in [1.54, 1.807) is 6.92 Å². The third-order valence-corrected chi connectivity index (χ3v) is 9.95. The molecular formula is C30H35FN6O6S. The molecule has 1 amide bonds. The van der Waals surface area contributed by atoms with E-state index < -0.39 is 29.3 Å². The average Bonchev–Trinajstić information content (AvgIpc) is 3.67. The highest BCUT2D eigenvalue weighted by molar-refractivity contribution is 7.21. The van der Waals surface area contributed by atoms with E-state index in [2.05, 4.69) is 15.2 Å². The zero-order chi connectivity index (χ0) is 31.0. The average molecular weight is 627 g/mol. The Bertz CT molecular complexity index is 1770. The number of likely N-dealkylation sites (tertiary alicyclic amines) is 1. The Morgan fingerprint density at radius 3 is 2.75 bits per heavy atom. The first-order chi connectivity index (χ1) is 21.3. The van der Waals surface area contributed by atoms with Crippen molar-refractivity contribution in [3.05, 3.63) is 68.4 Å². The number of aryl methyl sites for hydroxylation is 1. The maximum absolute atomic E-state index is 14.7. The molecule has 2 saturated heterocycles. The molecule has 0 spiro atoms. The van der Waals surface area contributed by atoms with Gasteiger partial charge in [-0.15, -0.1) is 4.80 Å². The Labute approximate surface area is 256 Å². The van der Waals surface area contributed by atoms with Crippen LogP contribution in [0.2, 0.25) is 0 Å². The molecule has 4 atom stereocenters. The van der Waals surface area contributed by atoms with Crippen LogP contribution in [0, 0.1) is 24.6 Å². The van der Waals surface area contributed by atoms with E-state index in [-0.39, 0.29) is 24.3 Å². The van der Waals surface area contributed by atoms with Gasteiger partial charge in [-0.1, -0.05) is 11.3 Å². The van der Waals surface area contributed by atoms with E-state index >= 15 is 0 Å². The Hall–Kier alpha value is -3.88. The summed E-state index contributed by atoms with van der Waals surface area (Å²) in [6.45, 7) is 5.87. The molecule has 5 heterocycles.